The van der Waals surface area contributed by atoms with Crippen LogP contribution in [0.1, 0.15) is 26.9 Å². The minimum absolute atomic E-state index is 0.205. The van der Waals surface area contributed by atoms with E-state index in [1.807, 2.05) is 41.8 Å². The molecule has 2 aromatic carbocycles. The van der Waals surface area contributed by atoms with E-state index in [2.05, 4.69) is 5.32 Å². The smallest absolute Gasteiger partial charge is 0.265 e. The number of benzene rings is 2. The van der Waals surface area contributed by atoms with Crippen LogP contribution < -0.4 is 5.32 Å². The van der Waals surface area contributed by atoms with E-state index in [-0.39, 0.29) is 5.91 Å². The van der Waals surface area contributed by atoms with Gasteiger partial charge in [-0.05, 0) is 35.2 Å². The molecule has 3 rings (SSSR count). The molecular weight excluding hydrogens is 330 g/mol. The van der Waals surface area contributed by atoms with Crippen LogP contribution in [0.2, 0.25) is 5.02 Å². The molecule has 0 spiro atoms. The van der Waals surface area contributed by atoms with E-state index in [1.54, 1.807) is 24.3 Å². The van der Waals surface area contributed by atoms with Crippen molar-refractivity contribution in [1.82, 2.24) is 0 Å². The lowest BCUT2D eigenvalue weighted by atomic mass is 10.00. The molecule has 1 unspecified atom stereocenters. The highest BCUT2D eigenvalue weighted by molar-refractivity contribution is 7.12. The fourth-order valence-electron chi connectivity index (χ4n) is 2.28. The van der Waals surface area contributed by atoms with Crippen LogP contribution in [0.25, 0.3) is 0 Å². The van der Waals surface area contributed by atoms with Gasteiger partial charge in [0.1, 0.15) is 6.10 Å². The van der Waals surface area contributed by atoms with Gasteiger partial charge in [-0.1, -0.05) is 48.0 Å². The average Bonchev–Trinajstić information content (AvgIpc) is 3.11. The zero-order chi connectivity index (χ0) is 16.2. The largest absolute Gasteiger partial charge is 0.384 e. The Morgan fingerprint density at radius 1 is 1.09 bits per heavy atom. The molecule has 1 heterocycles. The quantitative estimate of drug-likeness (QED) is 0.719. The Morgan fingerprint density at radius 3 is 2.57 bits per heavy atom. The lowest BCUT2D eigenvalue weighted by Crippen LogP contribution is -2.13. The summed E-state index contributed by atoms with van der Waals surface area (Å²) in [5, 5.41) is 15.8. The second-order valence-corrected chi connectivity index (χ2v) is 6.36. The van der Waals surface area contributed by atoms with Crippen LogP contribution in [0.4, 0.5) is 5.69 Å². The second-order valence-electron chi connectivity index (χ2n) is 4.98. The van der Waals surface area contributed by atoms with Gasteiger partial charge in [0.2, 0.25) is 0 Å². The van der Waals surface area contributed by atoms with Crippen molar-refractivity contribution in [2.24, 2.45) is 0 Å². The van der Waals surface area contributed by atoms with Crippen molar-refractivity contribution in [1.29, 1.82) is 0 Å². The number of anilines is 1. The lowest BCUT2D eigenvalue weighted by molar-refractivity contribution is 0.103. The van der Waals surface area contributed by atoms with E-state index < -0.39 is 6.10 Å². The summed E-state index contributed by atoms with van der Waals surface area (Å²) < 4.78 is 0. The van der Waals surface area contributed by atoms with Gasteiger partial charge in [0, 0.05) is 16.3 Å². The zero-order valence-corrected chi connectivity index (χ0v) is 13.6. The predicted molar refractivity (Wildman–Crippen MR) is 94.2 cm³/mol. The van der Waals surface area contributed by atoms with Crippen LogP contribution in [0, 0.1) is 0 Å². The maximum Gasteiger partial charge on any atom is 0.265 e. The first-order valence-corrected chi connectivity index (χ1v) is 8.28. The minimum Gasteiger partial charge on any atom is -0.384 e. The van der Waals surface area contributed by atoms with E-state index in [0.717, 1.165) is 5.56 Å². The Morgan fingerprint density at radius 2 is 1.87 bits per heavy atom. The zero-order valence-electron chi connectivity index (χ0n) is 12.1. The highest BCUT2D eigenvalue weighted by atomic mass is 35.5. The summed E-state index contributed by atoms with van der Waals surface area (Å²) >= 11 is 7.43. The number of aliphatic hydroxyl groups excluding tert-OH is 1. The van der Waals surface area contributed by atoms with Crippen molar-refractivity contribution in [2.45, 2.75) is 6.10 Å². The number of halogens is 1. The SMILES string of the molecule is O=C(Nc1ccc(Cl)cc1C(O)c1ccccc1)c1cccs1. The molecule has 5 heteroatoms. The van der Waals surface area contributed by atoms with Crippen molar-refractivity contribution in [2.75, 3.05) is 5.32 Å². The summed E-state index contributed by atoms with van der Waals surface area (Å²) in [7, 11) is 0. The number of amides is 1. The van der Waals surface area contributed by atoms with Gasteiger partial charge in [0.25, 0.3) is 5.91 Å². The monoisotopic (exact) mass is 343 g/mol. The molecule has 23 heavy (non-hydrogen) atoms. The molecule has 0 saturated heterocycles. The average molecular weight is 344 g/mol. The topological polar surface area (TPSA) is 49.3 Å². The van der Waals surface area contributed by atoms with Crippen LogP contribution in [0.3, 0.4) is 0 Å². The second kappa shape index (κ2) is 6.96. The fraction of sp³-hybridized carbons (Fsp3) is 0.0556. The Hall–Kier alpha value is -2.14. The Bertz CT molecular complexity index is 803. The third kappa shape index (κ3) is 3.62. The molecule has 2 N–H and O–H groups in total. The summed E-state index contributed by atoms with van der Waals surface area (Å²) in [6.07, 6.45) is -0.867. The Kier molecular flexibility index (Phi) is 4.76. The van der Waals surface area contributed by atoms with Gasteiger partial charge in [-0.15, -0.1) is 11.3 Å². The Labute approximate surface area is 143 Å². The van der Waals surface area contributed by atoms with Gasteiger partial charge >= 0.3 is 0 Å². The minimum atomic E-state index is -0.867. The normalized spacial score (nSPS) is 11.9. The predicted octanol–water partition coefficient (Wildman–Crippen LogP) is 4.74. The number of aliphatic hydroxyl groups is 1. The standard InChI is InChI=1S/C18H14ClNO2S/c19-13-8-9-15(20-18(22)16-7-4-10-23-16)14(11-13)17(21)12-5-2-1-3-6-12/h1-11,17,21H,(H,20,22). The van der Waals surface area contributed by atoms with Gasteiger partial charge in [-0.2, -0.15) is 0 Å². The summed E-state index contributed by atoms with van der Waals surface area (Å²) in [6.45, 7) is 0. The first-order valence-electron chi connectivity index (χ1n) is 7.02. The summed E-state index contributed by atoms with van der Waals surface area (Å²) in [4.78, 5) is 12.9. The van der Waals surface area contributed by atoms with E-state index in [4.69, 9.17) is 11.6 Å². The first-order chi connectivity index (χ1) is 11.1. The Balaban J connectivity index is 1.93. The summed E-state index contributed by atoms with van der Waals surface area (Å²) in [5.41, 5.74) is 1.85. The van der Waals surface area contributed by atoms with Crippen molar-refractivity contribution < 1.29 is 9.90 Å². The molecule has 1 atom stereocenters. The molecular formula is C18H14ClNO2S. The number of carbonyl (C=O) groups excluding carboxylic acids is 1. The van der Waals surface area contributed by atoms with E-state index in [9.17, 15) is 9.90 Å². The molecule has 0 radical (unpaired) electrons. The van der Waals surface area contributed by atoms with Gasteiger partial charge in [-0.25, -0.2) is 0 Å². The highest BCUT2D eigenvalue weighted by Crippen LogP contribution is 2.31. The molecule has 0 aliphatic rings. The molecule has 0 aliphatic carbocycles. The molecule has 116 valence electrons. The molecule has 0 bridgehead atoms. The van der Waals surface area contributed by atoms with Crippen molar-refractivity contribution in [3.05, 3.63) is 87.1 Å². The fourth-order valence-corrected chi connectivity index (χ4v) is 3.08. The summed E-state index contributed by atoms with van der Waals surface area (Å²) in [5.74, 6) is -0.205. The summed E-state index contributed by atoms with van der Waals surface area (Å²) in [6, 6.07) is 17.9. The molecule has 0 fully saturated rings. The third-order valence-corrected chi connectivity index (χ3v) is 4.52. The van der Waals surface area contributed by atoms with Crippen molar-refractivity contribution >= 4 is 34.5 Å². The van der Waals surface area contributed by atoms with Gasteiger partial charge < -0.3 is 10.4 Å². The van der Waals surface area contributed by atoms with E-state index >= 15 is 0 Å². The number of carbonyl (C=O) groups is 1. The molecule has 0 saturated carbocycles. The number of hydrogen-bond acceptors (Lipinski definition) is 3. The number of thiophene rings is 1. The molecule has 0 aliphatic heterocycles. The number of hydrogen-bond donors (Lipinski definition) is 2. The molecule has 1 aromatic heterocycles. The first kappa shape index (κ1) is 15.7. The van der Waals surface area contributed by atoms with Crippen LogP contribution in [0.15, 0.2) is 66.0 Å². The lowest BCUT2D eigenvalue weighted by Gasteiger charge is -2.17. The van der Waals surface area contributed by atoms with Crippen LogP contribution >= 0.6 is 22.9 Å². The molecule has 1 amide bonds. The maximum absolute atomic E-state index is 12.3. The highest BCUT2D eigenvalue weighted by Gasteiger charge is 2.17. The van der Waals surface area contributed by atoms with Crippen LogP contribution in [-0.4, -0.2) is 11.0 Å². The van der Waals surface area contributed by atoms with E-state index in [1.165, 1.54) is 11.3 Å². The van der Waals surface area contributed by atoms with E-state index in [0.29, 0.717) is 21.2 Å². The van der Waals surface area contributed by atoms with Crippen molar-refractivity contribution in [3.8, 4) is 0 Å². The number of rotatable bonds is 4. The van der Waals surface area contributed by atoms with Gasteiger partial charge in [0.05, 0.1) is 4.88 Å². The van der Waals surface area contributed by atoms with Gasteiger partial charge in [0.15, 0.2) is 0 Å². The molecule has 3 nitrogen and oxygen atoms in total. The maximum atomic E-state index is 12.3. The molecule has 3 aromatic rings. The van der Waals surface area contributed by atoms with Crippen LogP contribution in [0.5, 0.6) is 0 Å². The van der Waals surface area contributed by atoms with Gasteiger partial charge in [-0.3, -0.25) is 4.79 Å². The number of nitrogens with one attached hydrogen (secondary N) is 1. The van der Waals surface area contributed by atoms with Crippen molar-refractivity contribution in [3.63, 3.8) is 0 Å². The van der Waals surface area contributed by atoms with Crippen LogP contribution in [-0.2, 0) is 0 Å². The third-order valence-electron chi connectivity index (χ3n) is 3.42.